The molecule has 0 fully saturated rings. The van der Waals surface area contributed by atoms with Gasteiger partial charge in [-0.15, -0.1) is 0 Å². The van der Waals surface area contributed by atoms with E-state index in [-0.39, 0.29) is 11.0 Å². The minimum atomic E-state index is -0.337. The lowest BCUT2D eigenvalue weighted by molar-refractivity contribution is 0.593. The lowest BCUT2D eigenvalue weighted by atomic mass is 9.76. The van der Waals surface area contributed by atoms with Gasteiger partial charge in [0.1, 0.15) is 9.52 Å². The lowest BCUT2D eigenvalue weighted by Gasteiger charge is -2.37. The molecule has 1 heterocycles. The average Bonchev–Trinajstić information content (AvgIpc) is 3.74. The van der Waals surface area contributed by atoms with Crippen LogP contribution in [0.3, 0.4) is 0 Å². The largest absolute Gasteiger partial charge is 0.326 e. The summed E-state index contributed by atoms with van der Waals surface area (Å²) in [5.41, 5.74) is 7.88. The molecule has 6 rings (SSSR count). The molecular formula is C47H53BN2Si. The highest BCUT2D eigenvalue weighted by molar-refractivity contribution is 6.57. The number of aromatic nitrogens is 2. The molecule has 6 aromatic rings. The minimum Gasteiger partial charge on any atom is -0.326 e. The van der Waals surface area contributed by atoms with Crippen LogP contribution in [0.15, 0.2) is 158 Å². The minimum absolute atomic E-state index is 0.0163. The monoisotopic (exact) mass is 684 g/mol. The van der Waals surface area contributed by atoms with E-state index in [4.69, 9.17) is 7.85 Å². The summed E-state index contributed by atoms with van der Waals surface area (Å²) in [7, 11) is 6.65. The Balaban J connectivity index is 0.000000299. The van der Waals surface area contributed by atoms with Gasteiger partial charge in [0.25, 0.3) is 0 Å². The van der Waals surface area contributed by atoms with E-state index in [1.54, 1.807) is 0 Å². The molecular weight excluding hydrogens is 631 g/mol. The average molecular weight is 685 g/mol. The Morgan fingerprint density at radius 1 is 0.588 bits per heavy atom. The third-order valence-electron chi connectivity index (χ3n) is 9.64. The molecule has 0 unspecified atom stereocenters. The zero-order chi connectivity index (χ0) is 35.6. The van der Waals surface area contributed by atoms with Gasteiger partial charge in [0, 0.05) is 12.4 Å². The van der Waals surface area contributed by atoms with Crippen LogP contribution in [0.5, 0.6) is 0 Å². The highest BCUT2D eigenvalue weighted by Gasteiger charge is 2.37. The molecule has 2 nitrogen and oxygen atoms in total. The van der Waals surface area contributed by atoms with E-state index >= 15 is 0 Å². The van der Waals surface area contributed by atoms with Crippen molar-refractivity contribution in [3.63, 3.8) is 0 Å². The van der Waals surface area contributed by atoms with Gasteiger partial charge >= 0.3 is 0 Å². The number of hydrogen-bond acceptors (Lipinski definition) is 1. The fourth-order valence-electron chi connectivity index (χ4n) is 6.79. The number of hydrogen-bond donors (Lipinski definition) is 0. The third-order valence-corrected chi connectivity index (χ3v) is 11.5. The summed E-state index contributed by atoms with van der Waals surface area (Å²) in [5, 5.41) is 1.02. The van der Waals surface area contributed by atoms with Crippen LogP contribution in [-0.4, -0.2) is 26.9 Å². The molecule has 5 aromatic carbocycles. The number of imidazole rings is 1. The number of benzene rings is 5. The molecule has 0 amide bonds. The van der Waals surface area contributed by atoms with Crippen molar-refractivity contribution in [2.75, 3.05) is 0 Å². The molecule has 0 bridgehead atoms. The van der Waals surface area contributed by atoms with Gasteiger partial charge in [-0.2, -0.15) is 0 Å². The van der Waals surface area contributed by atoms with Crippen LogP contribution >= 0.6 is 0 Å². The summed E-state index contributed by atoms with van der Waals surface area (Å²) >= 11 is 0. The molecule has 0 atom stereocenters. The highest BCUT2D eigenvalue weighted by Crippen LogP contribution is 2.35. The van der Waals surface area contributed by atoms with Crippen molar-refractivity contribution in [3.05, 3.63) is 192 Å². The van der Waals surface area contributed by atoms with Crippen molar-refractivity contribution in [3.8, 4) is 0 Å². The number of nitrogens with zero attached hydrogens (tertiary/aromatic N) is 2. The summed E-state index contributed by atoms with van der Waals surface area (Å²) in [4.78, 5) is 4.53. The van der Waals surface area contributed by atoms with Crippen molar-refractivity contribution < 1.29 is 0 Å². The van der Waals surface area contributed by atoms with Crippen LogP contribution in [0.1, 0.15) is 104 Å². The van der Waals surface area contributed by atoms with E-state index in [0.29, 0.717) is 9.52 Å². The van der Waals surface area contributed by atoms with Crippen molar-refractivity contribution in [1.82, 2.24) is 9.55 Å². The van der Waals surface area contributed by atoms with E-state index < -0.39 is 0 Å². The molecule has 258 valence electrons. The molecule has 1 aromatic heterocycles. The Morgan fingerprint density at radius 3 is 1.53 bits per heavy atom. The Labute approximate surface area is 311 Å². The van der Waals surface area contributed by atoms with Crippen LogP contribution in [0.4, 0.5) is 0 Å². The van der Waals surface area contributed by atoms with E-state index in [1.165, 1.54) is 78.8 Å². The topological polar surface area (TPSA) is 17.8 Å². The Hall–Kier alpha value is -4.41. The van der Waals surface area contributed by atoms with Crippen molar-refractivity contribution >= 4 is 22.6 Å². The first-order chi connectivity index (χ1) is 25.1. The van der Waals surface area contributed by atoms with Crippen LogP contribution in [0, 0.1) is 0 Å². The first-order valence-electron chi connectivity index (χ1n) is 19.0. The number of rotatable bonds is 17. The summed E-state index contributed by atoms with van der Waals surface area (Å²) in [6, 6.07) is 50.0. The second-order valence-electron chi connectivity index (χ2n) is 13.5. The van der Waals surface area contributed by atoms with Gasteiger partial charge in [-0.1, -0.05) is 197 Å². The molecule has 0 N–H and O–H groups in total. The predicted octanol–water partition coefficient (Wildman–Crippen LogP) is 10.9. The molecule has 0 aliphatic carbocycles. The second kappa shape index (κ2) is 20.4. The highest BCUT2D eigenvalue weighted by atomic mass is 28.2. The fourth-order valence-corrected chi connectivity index (χ4v) is 8.43. The third kappa shape index (κ3) is 10.8. The van der Waals surface area contributed by atoms with E-state index in [0.717, 1.165) is 24.0 Å². The molecule has 0 saturated carbocycles. The van der Waals surface area contributed by atoms with Gasteiger partial charge < -0.3 is 4.57 Å². The van der Waals surface area contributed by atoms with Crippen molar-refractivity contribution in [2.24, 2.45) is 0 Å². The Bertz CT molecular complexity index is 1710. The van der Waals surface area contributed by atoms with Gasteiger partial charge in [-0.05, 0) is 64.9 Å². The number of unbranched alkanes of at least 4 members (excludes halogenated alkanes) is 6. The summed E-state index contributed by atoms with van der Waals surface area (Å²) < 4.78 is 2.35. The first-order valence-corrected chi connectivity index (χ1v) is 20.0. The predicted molar refractivity (Wildman–Crippen MR) is 219 cm³/mol. The molecule has 51 heavy (non-hydrogen) atoms. The standard InChI is InChI=1S/C34H42N2Si.C13H11B/c1-3-5-7-10-16-29-18-14-20-31(26-29)34(36-25-24-35-28-36,37-33-22-12-9-13-23-33)32-21-15-19-30(27-32)17-11-8-6-4-2;14-13(11-7-3-1-4-8-11)12-9-5-2-6-10-12/h9,12-15,18-28H,3-8,10-11,16-17H2,1-2H3;1-10,13H. The first kappa shape index (κ1) is 37.8. The van der Waals surface area contributed by atoms with Crippen LogP contribution in [0.25, 0.3) is 0 Å². The van der Waals surface area contributed by atoms with Crippen LogP contribution in [-0.2, 0) is 18.0 Å². The molecule has 0 saturated heterocycles. The fraction of sp³-hybridized carbons (Fsp3) is 0.298. The van der Waals surface area contributed by atoms with Gasteiger partial charge in [-0.3, -0.25) is 0 Å². The van der Waals surface area contributed by atoms with E-state index in [1.807, 2.05) is 48.9 Å². The number of aryl methyl sites for hydroxylation is 2. The van der Waals surface area contributed by atoms with Crippen LogP contribution < -0.4 is 5.19 Å². The Kier molecular flexibility index (Phi) is 15.2. The summed E-state index contributed by atoms with van der Waals surface area (Å²) in [5.74, 6) is -0.0163. The maximum Gasteiger partial charge on any atom is 0.127 e. The van der Waals surface area contributed by atoms with Crippen molar-refractivity contribution in [1.29, 1.82) is 0 Å². The quantitative estimate of drug-likeness (QED) is 0.0691. The lowest BCUT2D eigenvalue weighted by Crippen LogP contribution is -2.46. The molecule has 0 aliphatic rings. The SMILES string of the molecule is CCCCCCc1cccc(C([Si]c2ccccc2)(c2cccc(CCCCCC)c2)n2ccnc2)c1.[B]C(c1ccccc1)c1ccccc1. The maximum atomic E-state index is 6.12. The zero-order valence-electron chi connectivity index (χ0n) is 30.6. The van der Waals surface area contributed by atoms with E-state index in [2.05, 4.69) is 133 Å². The van der Waals surface area contributed by atoms with Gasteiger partial charge in [-0.25, -0.2) is 4.98 Å². The summed E-state index contributed by atoms with van der Waals surface area (Å²) in [6.45, 7) is 4.56. The molecule has 0 aliphatic heterocycles. The van der Waals surface area contributed by atoms with Gasteiger partial charge in [0.05, 0.1) is 19.3 Å². The molecule has 4 radical (unpaired) electrons. The molecule has 4 heteroatoms. The van der Waals surface area contributed by atoms with Crippen molar-refractivity contribution in [2.45, 2.75) is 89.0 Å². The zero-order valence-corrected chi connectivity index (χ0v) is 31.6. The van der Waals surface area contributed by atoms with E-state index in [9.17, 15) is 0 Å². The molecule has 0 spiro atoms. The van der Waals surface area contributed by atoms with Gasteiger partial charge in [0.15, 0.2) is 0 Å². The Morgan fingerprint density at radius 2 is 1.08 bits per heavy atom. The van der Waals surface area contributed by atoms with Crippen LogP contribution in [0.2, 0.25) is 0 Å². The van der Waals surface area contributed by atoms with Gasteiger partial charge in [0.2, 0.25) is 0 Å². The summed E-state index contributed by atoms with van der Waals surface area (Å²) in [6.07, 6.45) is 18.7. The maximum absolute atomic E-state index is 6.12. The normalized spacial score (nSPS) is 11.3. The smallest absolute Gasteiger partial charge is 0.127 e. The second-order valence-corrected chi connectivity index (χ2v) is 15.0.